The van der Waals surface area contributed by atoms with Gasteiger partial charge in [0.1, 0.15) is 6.04 Å². The van der Waals surface area contributed by atoms with Crippen molar-refractivity contribution in [2.24, 2.45) is 5.92 Å². The summed E-state index contributed by atoms with van der Waals surface area (Å²) < 4.78 is 1.18. The van der Waals surface area contributed by atoms with Crippen LogP contribution >= 0.6 is 11.3 Å². The van der Waals surface area contributed by atoms with Crippen LogP contribution in [-0.2, 0) is 4.79 Å². The summed E-state index contributed by atoms with van der Waals surface area (Å²) in [5.74, 6) is 0.296. The van der Waals surface area contributed by atoms with E-state index in [0.29, 0.717) is 19.0 Å². The first-order valence-corrected chi connectivity index (χ1v) is 10.1. The number of amides is 3. The number of benzene rings is 1. The molecule has 0 aliphatic carbocycles. The minimum atomic E-state index is -0.397. The predicted octanol–water partition coefficient (Wildman–Crippen LogP) is 1.89. The van der Waals surface area contributed by atoms with Crippen molar-refractivity contribution in [2.75, 3.05) is 19.6 Å². The van der Waals surface area contributed by atoms with Crippen molar-refractivity contribution in [2.45, 2.75) is 39.2 Å². The lowest BCUT2D eigenvalue weighted by atomic mass is 10.1. The van der Waals surface area contributed by atoms with Gasteiger partial charge in [-0.3, -0.25) is 10.1 Å². The first-order chi connectivity index (χ1) is 12.5. The average molecular weight is 376 g/mol. The number of quaternary nitrogens is 1. The second-order valence-corrected chi connectivity index (χ2v) is 8.35. The van der Waals surface area contributed by atoms with Crippen LogP contribution in [-0.4, -0.2) is 36.6 Å². The zero-order valence-corrected chi connectivity index (χ0v) is 16.2. The summed E-state index contributed by atoms with van der Waals surface area (Å²) in [5.41, 5.74) is 1.02. The Bertz CT molecular complexity index is 741. The van der Waals surface area contributed by atoms with Crippen LogP contribution in [0.1, 0.15) is 44.2 Å². The highest BCUT2D eigenvalue weighted by molar-refractivity contribution is 7.18. The number of nitrogens with one attached hydrogen (secondary N) is 3. The van der Waals surface area contributed by atoms with Gasteiger partial charge in [0.2, 0.25) is 0 Å². The summed E-state index contributed by atoms with van der Waals surface area (Å²) >= 11 is 1.71. The van der Waals surface area contributed by atoms with E-state index in [1.807, 2.05) is 18.2 Å². The summed E-state index contributed by atoms with van der Waals surface area (Å²) in [4.78, 5) is 30.0. The van der Waals surface area contributed by atoms with Crippen LogP contribution in [0.4, 0.5) is 4.79 Å². The summed E-state index contributed by atoms with van der Waals surface area (Å²) in [6.45, 7) is 6.02. The Labute approximate surface area is 158 Å². The summed E-state index contributed by atoms with van der Waals surface area (Å²) in [6, 6.07) is 7.97. The molecule has 3 rings (SSSR count). The van der Waals surface area contributed by atoms with Crippen molar-refractivity contribution in [3.63, 3.8) is 0 Å². The number of hydrogen-bond acceptors (Lipinski definition) is 4. The fourth-order valence-corrected chi connectivity index (χ4v) is 4.52. The molecule has 0 saturated carbocycles. The molecule has 1 fully saturated rings. The highest BCUT2D eigenvalue weighted by Crippen LogP contribution is 2.28. The SMILES string of the molecule is CC(C)CCNC(=O)NC(=O)C[NH+]1CCC[C@H]1c1nc2ccccc2s1. The molecule has 0 bridgehead atoms. The van der Waals surface area contributed by atoms with Gasteiger partial charge in [0, 0.05) is 19.4 Å². The van der Waals surface area contributed by atoms with Crippen molar-refractivity contribution in [1.82, 2.24) is 15.6 Å². The van der Waals surface area contributed by atoms with Gasteiger partial charge in [-0.25, -0.2) is 9.78 Å². The van der Waals surface area contributed by atoms with Gasteiger partial charge < -0.3 is 10.2 Å². The smallest absolute Gasteiger partial charge is 0.321 e. The van der Waals surface area contributed by atoms with Crippen molar-refractivity contribution >= 4 is 33.5 Å². The first-order valence-electron chi connectivity index (χ1n) is 9.30. The van der Waals surface area contributed by atoms with Gasteiger partial charge in [-0.2, -0.15) is 0 Å². The lowest BCUT2D eigenvalue weighted by molar-refractivity contribution is -0.910. The fraction of sp³-hybridized carbons (Fsp3) is 0.526. The average Bonchev–Trinajstić information content (AvgIpc) is 3.20. The van der Waals surface area contributed by atoms with Gasteiger partial charge in [0.05, 0.1) is 16.8 Å². The molecule has 0 spiro atoms. The molecular weight excluding hydrogens is 348 g/mol. The molecule has 26 heavy (non-hydrogen) atoms. The molecule has 1 saturated heterocycles. The van der Waals surface area contributed by atoms with E-state index in [4.69, 9.17) is 4.98 Å². The molecule has 6 nitrogen and oxygen atoms in total. The Morgan fingerprint density at radius 2 is 2.15 bits per heavy atom. The normalized spacial score (nSPS) is 19.8. The Hall–Kier alpha value is -1.99. The molecule has 7 heteroatoms. The molecule has 1 unspecified atom stereocenters. The maximum atomic E-state index is 12.2. The molecule has 1 aliphatic rings. The third-order valence-corrected chi connectivity index (χ3v) is 5.89. The van der Waals surface area contributed by atoms with Gasteiger partial charge in [-0.05, 0) is 24.5 Å². The van der Waals surface area contributed by atoms with Crippen LogP contribution in [0.15, 0.2) is 24.3 Å². The zero-order chi connectivity index (χ0) is 18.5. The molecule has 2 atom stereocenters. The molecule has 2 heterocycles. The molecular formula is C19H27N4O2S+. The number of likely N-dealkylation sites (tertiary alicyclic amines) is 1. The number of hydrogen-bond donors (Lipinski definition) is 3. The maximum Gasteiger partial charge on any atom is 0.321 e. The van der Waals surface area contributed by atoms with Gasteiger partial charge in [-0.15, -0.1) is 11.3 Å². The third kappa shape index (κ3) is 4.80. The van der Waals surface area contributed by atoms with Crippen LogP contribution in [0.25, 0.3) is 10.2 Å². The second kappa shape index (κ2) is 8.60. The topological polar surface area (TPSA) is 75.5 Å². The quantitative estimate of drug-likeness (QED) is 0.722. The molecule has 1 aromatic heterocycles. The van der Waals surface area contributed by atoms with E-state index in [-0.39, 0.29) is 11.9 Å². The third-order valence-electron chi connectivity index (χ3n) is 4.74. The molecule has 3 N–H and O–H groups in total. The molecule has 2 aromatic rings. The second-order valence-electron chi connectivity index (χ2n) is 7.29. The van der Waals surface area contributed by atoms with Crippen LogP contribution in [0.2, 0.25) is 0 Å². The van der Waals surface area contributed by atoms with Crippen molar-refractivity contribution in [3.8, 4) is 0 Å². The van der Waals surface area contributed by atoms with Crippen LogP contribution in [0.5, 0.6) is 0 Å². The fourth-order valence-electron chi connectivity index (χ4n) is 3.36. The van der Waals surface area contributed by atoms with Crippen molar-refractivity contribution < 1.29 is 14.5 Å². The minimum Gasteiger partial charge on any atom is -0.338 e. The van der Waals surface area contributed by atoms with E-state index < -0.39 is 6.03 Å². The Morgan fingerprint density at radius 1 is 1.35 bits per heavy atom. The number of fused-ring (bicyclic) bond motifs is 1. The largest absolute Gasteiger partial charge is 0.338 e. The van der Waals surface area contributed by atoms with E-state index in [0.717, 1.165) is 36.3 Å². The molecule has 1 aromatic carbocycles. The predicted molar refractivity (Wildman–Crippen MR) is 103 cm³/mol. The highest BCUT2D eigenvalue weighted by Gasteiger charge is 2.34. The van der Waals surface area contributed by atoms with Gasteiger partial charge in [0.25, 0.3) is 5.91 Å². The van der Waals surface area contributed by atoms with Gasteiger partial charge >= 0.3 is 6.03 Å². The molecule has 140 valence electrons. The summed E-state index contributed by atoms with van der Waals surface area (Å²) in [5, 5.41) is 6.28. The number of nitrogens with zero attached hydrogens (tertiary/aromatic N) is 1. The van der Waals surface area contributed by atoms with E-state index in [2.05, 4.69) is 30.5 Å². The number of aromatic nitrogens is 1. The summed E-state index contributed by atoms with van der Waals surface area (Å²) in [6.07, 6.45) is 3.01. The van der Waals surface area contributed by atoms with E-state index in [1.165, 1.54) is 9.60 Å². The number of para-hydroxylation sites is 1. The monoisotopic (exact) mass is 375 g/mol. The Kier molecular flexibility index (Phi) is 6.21. The van der Waals surface area contributed by atoms with E-state index in [1.54, 1.807) is 11.3 Å². The number of rotatable bonds is 6. The Balaban J connectivity index is 1.55. The van der Waals surface area contributed by atoms with E-state index >= 15 is 0 Å². The minimum absolute atomic E-state index is 0.227. The standard InChI is InChI=1S/C19H26N4O2S/c1-13(2)9-10-20-19(25)22-17(24)12-23-11-5-7-15(23)18-21-14-6-3-4-8-16(14)26-18/h3-4,6,8,13,15H,5,7,9-12H2,1-2H3,(H2,20,22,24,25)/p+1/t15-/m0/s1. The summed E-state index contributed by atoms with van der Waals surface area (Å²) in [7, 11) is 0. The first kappa shape index (κ1) is 18.8. The lowest BCUT2D eigenvalue weighted by Crippen LogP contribution is -3.11. The van der Waals surface area contributed by atoms with Crippen LogP contribution < -0.4 is 15.5 Å². The number of carbonyl (C=O) groups excluding carboxylic acids is 2. The zero-order valence-electron chi connectivity index (χ0n) is 15.4. The number of carbonyl (C=O) groups is 2. The number of thiazole rings is 1. The van der Waals surface area contributed by atoms with Gasteiger partial charge in [0.15, 0.2) is 11.6 Å². The lowest BCUT2D eigenvalue weighted by Gasteiger charge is -2.19. The number of imide groups is 1. The van der Waals surface area contributed by atoms with Gasteiger partial charge in [-0.1, -0.05) is 26.0 Å². The maximum absolute atomic E-state index is 12.2. The Morgan fingerprint density at radius 3 is 2.92 bits per heavy atom. The van der Waals surface area contributed by atoms with E-state index in [9.17, 15) is 9.59 Å². The number of urea groups is 1. The molecule has 3 amide bonds. The van der Waals surface area contributed by atoms with Crippen molar-refractivity contribution in [1.29, 1.82) is 0 Å². The van der Waals surface area contributed by atoms with Crippen LogP contribution in [0, 0.1) is 5.92 Å². The molecule has 1 aliphatic heterocycles. The molecule has 0 radical (unpaired) electrons. The highest BCUT2D eigenvalue weighted by atomic mass is 32.1. The van der Waals surface area contributed by atoms with Crippen LogP contribution in [0.3, 0.4) is 0 Å². The van der Waals surface area contributed by atoms with Crippen molar-refractivity contribution in [3.05, 3.63) is 29.3 Å².